The fourth-order valence-electron chi connectivity index (χ4n) is 4.66. The number of anilines is 1. The zero-order chi connectivity index (χ0) is 22.1. The van der Waals surface area contributed by atoms with E-state index in [0.29, 0.717) is 24.6 Å². The van der Waals surface area contributed by atoms with Crippen LogP contribution in [-0.2, 0) is 13.0 Å². The molecule has 2 aliphatic rings. The highest BCUT2D eigenvalue weighted by molar-refractivity contribution is 5.92. The molecule has 1 unspecified atom stereocenters. The van der Waals surface area contributed by atoms with Crippen molar-refractivity contribution in [2.24, 2.45) is 0 Å². The molecular weight excluding hydrogens is 407 g/mol. The van der Waals surface area contributed by atoms with Crippen LogP contribution < -0.4 is 4.90 Å². The number of likely N-dealkylation sites (tertiary alicyclic amines) is 1. The highest BCUT2D eigenvalue weighted by Gasteiger charge is 2.34. The minimum absolute atomic E-state index is 0.136. The summed E-state index contributed by atoms with van der Waals surface area (Å²) in [5.41, 5.74) is 3.50. The number of aryl methyl sites for hydroxylation is 1. The van der Waals surface area contributed by atoms with Crippen molar-refractivity contribution in [3.8, 4) is 0 Å². The number of carbonyl (C=O) groups is 1. The Morgan fingerprint density at radius 1 is 1.12 bits per heavy atom. The largest absolute Gasteiger partial charge is 0.352 e. The molecule has 0 spiro atoms. The SMILES string of the molecule is Cc1nc(C2CCCN2C(=O)c2cnccn2)nc2c1CCCN2Cc1ccc(F)cc1. The zero-order valence-electron chi connectivity index (χ0n) is 18.0. The molecule has 32 heavy (non-hydrogen) atoms. The minimum Gasteiger partial charge on any atom is -0.352 e. The summed E-state index contributed by atoms with van der Waals surface area (Å²) in [7, 11) is 0. The molecule has 0 N–H and O–H groups in total. The van der Waals surface area contributed by atoms with Crippen LogP contribution in [0.15, 0.2) is 42.9 Å². The number of halogens is 1. The Kier molecular flexibility index (Phi) is 5.51. The summed E-state index contributed by atoms with van der Waals surface area (Å²) in [4.78, 5) is 35.2. The third kappa shape index (κ3) is 3.92. The van der Waals surface area contributed by atoms with Crippen LogP contribution in [0.5, 0.6) is 0 Å². The lowest BCUT2D eigenvalue weighted by Gasteiger charge is -2.32. The molecule has 2 aromatic heterocycles. The quantitative estimate of drug-likeness (QED) is 0.627. The maximum atomic E-state index is 13.3. The lowest BCUT2D eigenvalue weighted by atomic mass is 10.0. The van der Waals surface area contributed by atoms with Crippen LogP contribution in [0.1, 0.15) is 58.4 Å². The molecule has 7 nitrogen and oxygen atoms in total. The Morgan fingerprint density at radius 3 is 2.75 bits per heavy atom. The van der Waals surface area contributed by atoms with Gasteiger partial charge >= 0.3 is 0 Å². The molecule has 1 aromatic carbocycles. The average molecular weight is 433 g/mol. The van der Waals surface area contributed by atoms with Crippen LogP contribution in [0, 0.1) is 12.7 Å². The lowest BCUT2D eigenvalue weighted by molar-refractivity contribution is 0.0723. The van der Waals surface area contributed by atoms with Crippen LogP contribution in [0.3, 0.4) is 0 Å². The second kappa shape index (κ2) is 8.61. The number of benzene rings is 1. The predicted molar refractivity (Wildman–Crippen MR) is 118 cm³/mol. The molecule has 5 rings (SSSR count). The molecule has 0 saturated carbocycles. The first-order valence-corrected chi connectivity index (χ1v) is 11.0. The minimum atomic E-state index is -0.234. The van der Waals surface area contributed by atoms with Gasteiger partial charge in [0.1, 0.15) is 17.3 Å². The Labute approximate surface area is 186 Å². The van der Waals surface area contributed by atoms with Gasteiger partial charge in [-0.1, -0.05) is 12.1 Å². The van der Waals surface area contributed by atoms with Crippen molar-refractivity contribution in [3.05, 3.63) is 77.0 Å². The number of aromatic nitrogens is 4. The molecule has 2 aliphatic heterocycles. The molecule has 164 valence electrons. The number of hydrogen-bond donors (Lipinski definition) is 0. The first kappa shape index (κ1) is 20.5. The number of amides is 1. The van der Waals surface area contributed by atoms with Gasteiger partial charge in [-0.3, -0.25) is 9.78 Å². The van der Waals surface area contributed by atoms with Crippen molar-refractivity contribution in [2.75, 3.05) is 18.0 Å². The summed E-state index contributed by atoms with van der Waals surface area (Å²) in [6.07, 6.45) is 8.28. The summed E-state index contributed by atoms with van der Waals surface area (Å²) < 4.78 is 13.3. The summed E-state index contributed by atoms with van der Waals surface area (Å²) >= 11 is 0. The van der Waals surface area contributed by atoms with Crippen LogP contribution >= 0.6 is 0 Å². The normalized spacial score (nSPS) is 18.0. The van der Waals surface area contributed by atoms with E-state index in [1.807, 2.05) is 24.0 Å². The smallest absolute Gasteiger partial charge is 0.274 e. The molecule has 1 atom stereocenters. The van der Waals surface area contributed by atoms with E-state index in [1.54, 1.807) is 6.20 Å². The Balaban J connectivity index is 1.46. The van der Waals surface area contributed by atoms with E-state index in [0.717, 1.165) is 54.9 Å². The van der Waals surface area contributed by atoms with Gasteiger partial charge in [-0.2, -0.15) is 0 Å². The third-order valence-electron chi connectivity index (χ3n) is 6.24. The average Bonchev–Trinajstić information content (AvgIpc) is 3.31. The van der Waals surface area contributed by atoms with Gasteiger partial charge in [-0.15, -0.1) is 0 Å². The number of nitrogens with zero attached hydrogens (tertiary/aromatic N) is 6. The van der Waals surface area contributed by atoms with E-state index >= 15 is 0 Å². The van der Waals surface area contributed by atoms with E-state index in [2.05, 4.69) is 14.9 Å². The molecule has 0 bridgehead atoms. The van der Waals surface area contributed by atoms with Crippen LogP contribution in [0.25, 0.3) is 0 Å². The summed E-state index contributed by atoms with van der Waals surface area (Å²) in [5, 5.41) is 0. The topological polar surface area (TPSA) is 75.1 Å². The maximum Gasteiger partial charge on any atom is 0.274 e. The molecule has 3 aromatic rings. The molecule has 4 heterocycles. The first-order chi connectivity index (χ1) is 15.6. The molecule has 0 aliphatic carbocycles. The van der Waals surface area contributed by atoms with E-state index < -0.39 is 0 Å². The van der Waals surface area contributed by atoms with Crippen molar-refractivity contribution in [2.45, 2.75) is 45.2 Å². The summed E-state index contributed by atoms with van der Waals surface area (Å²) in [5.74, 6) is 1.24. The Bertz CT molecular complexity index is 1120. The number of rotatable bonds is 4. The van der Waals surface area contributed by atoms with E-state index in [9.17, 15) is 9.18 Å². The number of carbonyl (C=O) groups excluding carboxylic acids is 1. The summed E-state index contributed by atoms with van der Waals surface area (Å²) in [6.45, 7) is 4.22. The molecule has 8 heteroatoms. The van der Waals surface area contributed by atoms with Crippen molar-refractivity contribution in [3.63, 3.8) is 0 Å². The van der Waals surface area contributed by atoms with Crippen LogP contribution in [0.4, 0.5) is 10.2 Å². The highest BCUT2D eigenvalue weighted by Crippen LogP contribution is 2.35. The molecule has 1 fully saturated rings. The monoisotopic (exact) mass is 432 g/mol. The van der Waals surface area contributed by atoms with Gasteiger partial charge in [0.15, 0.2) is 5.82 Å². The Hall–Kier alpha value is -3.42. The van der Waals surface area contributed by atoms with E-state index in [4.69, 9.17) is 9.97 Å². The predicted octanol–water partition coefficient (Wildman–Crippen LogP) is 3.64. The van der Waals surface area contributed by atoms with Gasteiger partial charge in [0.25, 0.3) is 5.91 Å². The molecular formula is C24H25FN6O. The van der Waals surface area contributed by atoms with Crippen molar-refractivity contribution in [1.29, 1.82) is 0 Å². The van der Waals surface area contributed by atoms with Crippen molar-refractivity contribution >= 4 is 11.7 Å². The first-order valence-electron chi connectivity index (χ1n) is 11.0. The molecule has 1 saturated heterocycles. The third-order valence-corrected chi connectivity index (χ3v) is 6.24. The highest BCUT2D eigenvalue weighted by atomic mass is 19.1. The molecule has 1 amide bonds. The zero-order valence-corrected chi connectivity index (χ0v) is 18.0. The second-order valence-electron chi connectivity index (χ2n) is 8.37. The van der Waals surface area contributed by atoms with Gasteiger partial charge < -0.3 is 9.80 Å². The van der Waals surface area contributed by atoms with E-state index in [-0.39, 0.29) is 17.8 Å². The van der Waals surface area contributed by atoms with Gasteiger partial charge in [0.05, 0.1) is 12.2 Å². The maximum absolute atomic E-state index is 13.3. The van der Waals surface area contributed by atoms with E-state index in [1.165, 1.54) is 24.5 Å². The van der Waals surface area contributed by atoms with Gasteiger partial charge in [0.2, 0.25) is 0 Å². The fourth-order valence-corrected chi connectivity index (χ4v) is 4.66. The summed E-state index contributed by atoms with van der Waals surface area (Å²) in [6, 6.07) is 6.44. The lowest BCUT2D eigenvalue weighted by Crippen LogP contribution is -2.34. The molecule has 0 radical (unpaired) electrons. The van der Waals surface area contributed by atoms with Gasteiger partial charge in [-0.05, 0) is 50.3 Å². The van der Waals surface area contributed by atoms with Crippen LogP contribution in [0.2, 0.25) is 0 Å². The van der Waals surface area contributed by atoms with Crippen molar-refractivity contribution < 1.29 is 9.18 Å². The fraction of sp³-hybridized carbons (Fsp3) is 0.375. The van der Waals surface area contributed by atoms with Gasteiger partial charge in [-0.25, -0.2) is 19.3 Å². The Morgan fingerprint density at radius 2 is 1.97 bits per heavy atom. The second-order valence-corrected chi connectivity index (χ2v) is 8.37. The number of hydrogen-bond acceptors (Lipinski definition) is 6. The van der Waals surface area contributed by atoms with Crippen molar-refractivity contribution in [1.82, 2.24) is 24.8 Å². The standard InChI is InChI=1S/C24H25FN6O/c1-16-19-4-2-12-30(15-17-6-8-18(25)9-7-17)23(19)29-22(28-16)21-5-3-13-31(21)24(32)20-14-26-10-11-27-20/h6-11,14,21H,2-5,12-13,15H2,1H3. The van der Waals surface area contributed by atoms with Crippen LogP contribution in [-0.4, -0.2) is 43.8 Å². The number of fused-ring (bicyclic) bond motifs is 1. The van der Waals surface area contributed by atoms with Gasteiger partial charge in [0, 0.05) is 43.3 Å².